The number of fused-ring (bicyclic) bond motifs is 8. The van der Waals surface area contributed by atoms with Crippen LogP contribution < -0.4 is 4.90 Å². The summed E-state index contributed by atoms with van der Waals surface area (Å²) in [6.45, 7) is 4.77. The number of anilines is 3. The molecule has 0 atom stereocenters. The van der Waals surface area contributed by atoms with Crippen LogP contribution in [0.1, 0.15) is 25.0 Å². The van der Waals surface area contributed by atoms with Crippen LogP contribution in [0.15, 0.2) is 152 Å². The predicted molar refractivity (Wildman–Crippen MR) is 195 cm³/mol. The average Bonchev–Trinajstić information content (AvgIpc) is 3.58. The molecule has 1 nitrogen and oxygen atoms in total. The maximum atomic E-state index is 2.42. The minimum atomic E-state index is -0.0623. The number of thiophene rings is 1. The molecule has 0 amide bonds. The van der Waals surface area contributed by atoms with E-state index < -0.39 is 0 Å². The Bertz CT molecular complexity index is 2400. The summed E-state index contributed by atoms with van der Waals surface area (Å²) in [5, 5.41) is 5.26. The van der Waals surface area contributed by atoms with Crippen LogP contribution in [0.25, 0.3) is 53.2 Å². The monoisotopic (exact) mass is 593 g/mol. The molecule has 2 heteroatoms. The SMILES string of the molecule is CC1(C)c2ccccc2-c2ccc3sc4c(N(c5ccccc5)c5ccc(-c6ccc7ccccc7c6)cc5)cccc4c3c21. The Balaban J connectivity index is 1.22. The zero-order valence-corrected chi connectivity index (χ0v) is 26.1. The maximum absolute atomic E-state index is 2.42. The zero-order valence-electron chi connectivity index (χ0n) is 25.3. The third-order valence-corrected chi connectivity index (χ3v) is 10.8. The molecule has 0 radical (unpaired) electrons. The summed E-state index contributed by atoms with van der Waals surface area (Å²) < 4.78 is 2.66. The van der Waals surface area contributed by atoms with Gasteiger partial charge in [-0.15, -0.1) is 11.3 Å². The van der Waals surface area contributed by atoms with Crippen LogP contribution in [0, 0.1) is 0 Å². The maximum Gasteiger partial charge on any atom is 0.0640 e. The van der Waals surface area contributed by atoms with Crippen molar-refractivity contribution in [2.75, 3.05) is 4.90 Å². The number of hydrogen-bond donors (Lipinski definition) is 0. The molecule has 0 spiro atoms. The molecule has 0 bridgehead atoms. The second-order valence-corrected chi connectivity index (χ2v) is 13.6. The van der Waals surface area contributed by atoms with Crippen molar-refractivity contribution in [3.8, 4) is 22.3 Å². The van der Waals surface area contributed by atoms with Gasteiger partial charge in [-0.3, -0.25) is 0 Å². The Morgan fingerprint density at radius 1 is 0.533 bits per heavy atom. The Kier molecular flexibility index (Phi) is 5.78. The average molecular weight is 594 g/mol. The van der Waals surface area contributed by atoms with E-state index in [1.807, 2.05) is 11.3 Å². The molecule has 0 saturated carbocycles. The predicted octanol–water partition coefficient (Wildman–Crippen LogP) is 12.7. The fourth-order valence-electron chi connectivity index (χ4n) is 7.50. The van der Waals surface area contributed by atoms with Crippen molar-refractivity contribution in [1.29, 1.82) is 0 Å². The highest BCUT2D eigenvalue weighted by atomic mass is 32.1. The summed E-state index contributed by atoms with van der Waals surface area (Å²) in [6.07, 6.45) is 0. The van der Waals surface area contributed by atoms with Gasteiger partial charge < -0.3 is 4.90 Å². The van der Waals surface area contributed by atoms with E-state index in [2.05, 4.69) is 170 Å². The second kappa shape index (κ2) is 9.92. The van der Waals surface area contributed by atoms with Crippen LogP contribution >= 0.6 is 11.3 Å². The van der Waals surface area contributed by atoms with Gasteiger partial charge in [0.15, 0.2) is 0 Å². The van der Waals surface area contributed by atoms with Crippen molar-refractivity contribution in [3.63, 3.8) is 0 Å². The molecule has 214 valence electrons. The van der Waals surface area contributed by atoms with Gasteiger partial charge in [0.05, 0.1) is 10.4 Å². The van der Waals surface area contributed by atoms with Gasteiger partial charge in [0, 0.05) is 32.3 Å². The number of hydrogen-bond acceptors (Lipinski definition) is 2. The molecule has 0 saturated heterocycles. The van der Waals surface area contributed by atoms with Crippen LogP contribution in [0.5, 0.6) is 0 Å². The minimum Gasteiger partial charge on any atom is -0.309 e. The molecule has 0 aliphatic heterocycles. The number of para-hydroxylation sites is 1. The third-order valence-electron chi connectivity index (χ3n) is 9.62. The first-order valence-corrected chi connectivity index (χ1v) is 16.4. The molecule has 1 aliphatic carbocycles. The fourth-order valence-corrected chi connectivity index (χ4v) is 8.71. The molecule has 8 aromatic rings. The molecule has 0 unspecified atom stereocenters. The van der Waals surface area contributed by atoms with Crippen LogP contribution in [-0.4, -0.2) is 0 Å². The van der Waals surface area contributed by atoms with E-state index in [9.17, 15) is 0 Å². The van der Waals surface area contributed by atoms with Gasteiger partial charge in [0.2, 0.25) is 0 Å². The molecule has 45 heavy (non-hydrogen) atoms. The summed E-state index contributed by atoms with van der Waals surface area (Å²) in [4.78, 5) is 2.42. The summed E-state index contributed by atoms with van der Waals surface area (Å²) in [6, 6.07) is 55.6. The van der Waals surface area contributed by atoms with Gasteiger partial charge in [-0.2, -0.15) is 0 Å². The Morgan fingerprint density at radius 2 is 1.24 bits per heavy atom. The quantitative estimate of drug-likeness (QED) is 0.196. The van der Waals surface area contributed by atoms with Crippen molar-refractivity contribution in [2.24, 2.45) is 0 Å². The molecule has 1 heterocycles. The lowest BCUT2D eigenvalue weighted by Gasteiger charge is -2.26. The van der Waals surface area contributed by atoms with E-state index >= 15 is 0 Å². The van der Waals surface area contributed by atoms with Gasteiger partial charge in [-0.05, 0) is 86.6 Å². The summed E-state index contributed by atoms with van der Waals surface area (Å²) in [7, 11) is 0. The van der Waals surface area contributed by atoms with Crippen molar-refractivity contribution < 1.29 is 0 Å². The fraction of sp³-hybridized carbons (Fsp3) is 0.0698. The van der Waals surface area contributed by atoms with Crippen molar-refractivity contribution in [1.82, 2.24) is 0 Å². The largest absolute Gasteiger partial charge is 0.309 e. The topological polar surface area (TPSA) is 3.24 Å². The lowest BCUT2D eigenvalue weighted by atomic mass is 9.80. The third kappa shape index (κ3) is 3.99. The number of rotatable bonds is 4. The first-order valence-electron chi connectivity index (χ1n) is 15.6. The Hall–Kier alpha value is -5.18. The molecule has 0 N–H and O–H groups in total. The van der Waals surface area contributed by atoms with Crippen LogP contribution in [0.2, 0.25) is 0 Å². The molecule has 7 aromatic carbocycles. The van der Waals surface area contributed by atoms with Gasteiger partial charge in [-0.25, -0.2) is 0 Å². The summed E-state index contributed by atoms with van der Waals surface area (Å²) >= 11 is 1.91. The lowest BCUT2D eigenvalue weighted by Crippen LogP contribution is -2.15. The molecule has 0 fully saturated rings. The molecule has 1 aromatic heterocycles. The molecule has 9 rings (SSSR count). The second-order valence-electron chi connectivity index (χ2n) is 12.6. The van der Waals surface area contributed by atoms with E-state index in [1.54, 1.807) is 0 Å². The summed E-state index contributed by atoms with van der Waals surface area (Å²) in [5.74, 6) is 0. The minimum absolute atomic E-state index is 0.0623. The van der Waals surface area contributed by atoms with E-state index in [1.165, 1.54) is 70.0 Å². The highest BCUT2D eigenvalue weighted by Gasteiger charge is 2.37. The van der Waals surface area contributed by atoms with Crippen LogP contribution in [-0.2, 0) is 5.41 Å². The van der Waals surface area contributed by atoms with E-state index in [0.717, 1.165) is 11.4 Å². The van der Waals surface area contributed by atoms with Gasteiger partial charge >= 0.3 is 0 Å². The van der Waals surface area contributed by atoms with E-state index in [-0.39, 0.29) is 5.41 Å². The van der Waals surface area contributed by atoms with E-state index in [4.69, 9.17) is 0 Å². The molecular formula is C43H31NS. The van der Waals surface area contributed by atoms with Gasteiger partial charge in [-0.1, -0.05) is 123 Å². The lowest BCUT2D eigenvalue weighted by molar-refractivity contribution is 0.667. The van der Waals surface area contributed by atoms with Crippen LogP contribution in [0.3, 0.4) is 0 Å². The Labute approximate surface area is 267 Å². The summed E-state index contributed by atoms with van der Waals surface area (Å²) in [5.41, 5.74) is 11.5. The standard InChI is InChI=1S/C43H31NS/c1-43(2)37-17-9-8-15-34(37)35-25-26-39-40(41(35)43)36-16-10-18-38(42(36)45-39)44(32-13-4-3-5-14-32)33-23-21-29(22-24-33)31-20-19-28-11-6-7-12-30(28)27-31/h3-27H,1-2H3. The zero-order chi connectivity index (χ0) is 30.1. The number of benzene rings is 7. The van der Waals surface area contributed by atoms with Crippen LogP contribution in [0.4, 0.5) is 17.1 Å². The highest BCUT2D eigenvalue weighted by Crippen LogP contribution is 2.55. The van der Waals surface area contributed by atoms with Gasteiger partial charge in [0.1, 0.15) is 0 Å². The van der Waals surface area contributed by atoms with Crippen molar-refractivity contribution in [3.05, 3.63) is 163 Å². The number of nitrogens with zero attached hydrogens (tertiary/aromatic N) is 1. The van der Waals surface area contributed by atoms with Gasteiger partial charge in [0.25, 0.3) is 0 Å². The highest BCUT2D eigenvalue weighted by molar-refractivity contribution is 7.26. The molecular weight excluding hydrogens is 563 g/mol. The van der Waals surface area contributed by atoms with Crippen molar-refractivity contribution >= 4 is 59.3 Å². The first kappa shape index (κ1) is 26.2. The molecule has 1 aliphatic rings. The Morgan fingerprint density at radius 3 is 2.09 bits per heavy atom. The van der Waals surface area contributed by atoms with E-state index in [0.29, 0.717) is 0 Å². The first-order chi connectivity index (χ1) is 22.1. The van der Waals surface area contributed by atoms with Crippen molar-refractivity contribution in [2.45, 2.75) is 19.3 Å². The normalized spacial score (nSPS) is 13.3. The smallest absolute Gasteiger partial charge is 0.0640 e.